The fraction of sp³-hybridized carbons (Fsp3) is 0.500. The van der Waals surface area contributed by atoms with Crippen LogP contribution in [0.3, 0.4) is 0 Å². The van der Waals surface area contributed by atoms with Crippen LogP contribution in [-0.2, 0) is 0 Å². The summed E-state index contributed by atoms with van der Waals surface area (Å²) in [6.07, 6.45) is 3.39. The number of carbonyl (C=O) groups excluding carboxylic acids is 1. The highest BCUT2D eigenvalue weighted by Crippen LogP contribution is 2.21. The standard InChI is InChI=1S/C16H20N6OS/c1-10(2)22-14-11(7-19-22)5-12(6-18-14)15(23)20-13-8-21(9-13)16-17-3-4-24-16/h5-7,10,13H,3-4,8-9H2,1-2H3,(H,20,23). The first-order chi connectivity index (χ1) is 11.6. The fourth-order valence-corrected chi connectivity index (χ4v) is 3.83. The van der Waals surface area contributed by atoms with Gasteiger partial charge in [0.1, 0.15) is 0 Å². The number of aromatic nitrogens is 3. The lowest BCUT2D eigenvalue weighted by molar-refractivity contribution is 0.0891. The first-order valence-corrected chi connectivity index (χ1v) is 9.16. The van der Waals surface area contributed by atoms with Gasteiger partial charge in [0, 0.05) is 36.5 Å². The molecule has 2 aromatic heterocycles. The molecule has 0 aliphatic carbocycles. The second-order valence-electron chi connectivity index (χ2n) is 6.41. The molecular formula is C16H20N6OS. The Labute approximate surface area is 144 Å². The van der Waals surface area contributed by atoms with Crippen molar-refractivity contribution in [2.75, 3.05) is 25.4 Å². The van der Waals surface area contributed by atoms with E-state index in [0.29, 0.717) is 5.56 Å². The zero-order chi connectivity index (χ0) is 16.7. The second-order valence-corrected chi connectivity index (χ2v) is 7.47. The number of pyridine rings is 1. The van der Waals surface area contributed by atoms with Gasteiger partial charge in [-0.3, -0.25) is 9.79 Å². The Morgan fingerprint density at radius 1 is 1.38 bits per heavy atom. The van der Waals surface area contributed by atoms with Crippen molar-refractivity contribution in [3.63, 3.8) is 0 Å². The van der Waals surface area contributed by atoms with E-state index in [1.807, 2.05) is 10.7 Å². The number of nitrogens with one attached hydrogen (secondary N) is 1. The van der Waals surface area contributed by atoms with Gasteiger partial charge < -0.3 is 10.2 Å². The maximum absolute atomic E-state index is 12.4. The summed E-state index contributed by atoms with van der Waals surface area (Å²) >= 11 is 1.79. The summed E-state index contributed by atoms with van der Waals surface area (Å²) in [7, 11) is 0. The molecule has 0 aromatic carbocycles. The third kappa shape index (κ3) is 2.75. The molecule has 0 atom stereocenters. The monoisotopic (exact) mass is 344 g/mol. The number of fused-ring (bicyclic) bond motifs is 1. The lowest BCUT2D eigenvalue weighted by Crippen LogP contribution is -2.60. The van der Waals surface area contributed by atoms with Gasteiger partial charge in [0.15, 0.2) is 10.8 Å². The molecule has 2 aliphatic rings. The summed E-state index contributed by atoms with van der Waals surface area (Å²) in [6.45, 7) is 6.69. The Morgan fingerprint density at radius 2 is 2.21 bits per heavy atom. The van der Waals surface area contributed by atoms with Crippen LogP contribution in [0.25, 0.3) is 11.0 Å². The van der Waals surface area contributed by atoms with E-state index < -0.39 is 0 Å². The Hall–Kier alpha value is -2.09. The van der Waals surface area contributed by atoms with Crippen molar-refractivity contribution in [2.45, 2.75) is 25.9 Å². The lowest BCUT2D eigenvalue weighted by atomic mass is 10.1. The van der Waals surface area contributed by atoms with Gasteiger partial charge in [-0.05, 0) is 19.9 Å². The molecule has 2 aliphatic heterocycles. The van der Waals surface area contributed by atoms with Crippen molar-refractivity contribution in [2.24, 2.45) is 4.99 Å². The third-order valence-corrected chi connectivity index (χ3v) is 5.27. The molecule has 2 aromatic rings. The van der Waals surface area contributed by atoms with Crippen molar-refractivity contribution in [3.05, 3.63) is 24.0 Å². The van der Waals surface area contributed by atoms with Crippen LogP contribution < -0.4 is 5.32 Å². The smallest absolute Gasteiger partial charge is 0.253 e. The molecule has 1 N–H and O–H groups in total. The molecule has 1 saturated heterocycles. The Balaban J connectivity index is 1.41. The molecule has 0 radical (unpaired) electrons. The van der Waals surface area contributed by atoms with E-state index in [2.05, 4.69) is 39.1 Å². The zero-order valence-electron chi connectivity index (χ0n) is 13.8. The van der Waals surface area contributed by atoms with Gasteiger partial charge in [0.05, 0.1) is 24.3 Å². The van der Waals surface area contributed by atoms with Gasteiger partial charge in [-0.1, -0.05) is 11.8 Å². The lowest BCUT2D eigenvalue weighted by Gasteiger charge is -2.40. The van der Waals surface area contributed by atoms with E-state index in [-0.39, 0.29) is 18.0 Å². The maximum atomic E-state index is 12.4. The predicted molar refractivity (Wildman–Crippen MR) is 95.5 cm³/mol. The molecule has 0 saturated carbocycles. The van der Waals surface area contributed by atoms with Gasteiger partial charge in [0.2, 0.25) is 0 Å². The quantitative estimate of drug-likeness (QED) is 0.914. The minimum atomic E-state index is -0.0765. The molecule has 1 fully saturated rings. The first-order valence-electron chi connectivity index (χ1n) is 8.18. The summed E-state index contributed by atoms with van der Waals surface area (Å²) in [6, 6.07) is 2.28. The Kier molecular flexibility index (Phi) is 3.91. The minimum absolute atomic E-state index is 0.0765. The fourth-order valence-electron chi connectivity index (χ4n) is 2.95. The number of carbonyl (C=O) groups is 1. The largest absolute Gasteiger partial charge is 0.347 e. The van der Waals surface area contributed by atoms with E-state index in [9.17, 15) is 4.79 Å². The molecule has 7 nitrogen and oxygen atoms in total. The number of amides is 1. The highest BCUT2D eigenvalue weighted by molar-refractivity contribution is 8.14. The summed E-state index contributed by atoms with van der Waals surface area (Å²) in [4.78, 5) is 23.5. The molecular weight excluding hydrogens is 324 g/mol. The third-order valence-electron chi connectivity index (χ3n) is 4.24. The molecule has 0 bridgehead atoms. The van der Waals surface area contributed by atoms with Crippen molar-refractivity contribution >= 4 is 33.9 Å². The maximum Gasteiger partial charge on any atom is 0.253 e. The van der Waals surface area contributed by atoms with Gasteiger partial charge in [-0.25, -0.2) is 9.67 Å². The minimum Gasteiger partial charge on any atom is -0.347 e. The van der Waals surface area contributed by atoms with Gasteiger partial charge in [-0.15, -0.1) is 0 Å². The van der Waals surface area contributed by atoms with Crippen LogP contribution >= 0.6 is 11.8 Å². The highest BCUT2D eigenvalue weighted by Gasteiger charge is 2.31. The Bertz CT molecular complexity index is 808. The molecule has 24 heavy (non-hydrogen) atoms. The van der Waals surface area contributed by atoms with E-state index in [1.54, 1.807) is 24.2 Å². The van der Waals surface area contributed by atoms with Crippen LogP contribution in [0.1, 0.15) is 30.2 Å². The van der Waals surface area contributed by atoms with Crippen LogP contribution in [0, 0.1) is 0 Å². The van der Waals surface area contributed by atoms with Crippen LogP contribution in [0.15, 0.2) is 23.5 Å². The molecule has 4 heterocycles. The number of likely N-dealkylation sites (tertiary alicyclic amines) is 1. The van der Waals surface area contributed by atoms with Crippen LogP contribution in [0.2, 0.25) is 0 Å². The average molecular weight is 344 g/mol. The first kappa shape index (κ1) is 15.4. The molecule has 4 rings (SSSR count). The number of rotatable bonds is 3. The SMILES string of the molecule is CC(C)n1ncc2cc(C(=O)NC3CN(C4=NCCS4)C3)cnc21. The number of hydrogen-bond donors (Lipinski definition) is 1. The van der Waals surface area contributed by atoms with E-state index in [4.69, 9.17) is 0 Å². The zero-order valence-corrected chi connectivity index (χ0v) is 14.6. The number of amidine groups is 1. The van der Waals surface area contributed by atoms with Gasteiger partial charge in [0.25, 0.3) is 5.91 Å². The summed E-state index contributed by atoms with van der Waals surface area (Å²) in [5.74, 6) is 0.992. The van der Waals surface area contributed by atoms with Gasteiger partial charge in [-0.2, -0.15) is 5.10 Å². The van der Waals surface area contributed by atoms with Crippen molar-refractivity contribution in [1.29, 1.82) is 0 Å². The van der Waals surface area contributed by atoms with Crippen molar-refractivity contribution in [3.8, 4) is 0 Å². The molecule has 126 valence electrons. The number of nitrogens with zero attached hydrogens (tertiary/aromatic N) is 5. The van der Waals surface area contributed by atoms with Crippen LogP contribution in [-0.4, -0.2) is 62.2 Å². The molecule has 0 spiro atoms. The second kappa shape index (κ2) is 6.08. The number of aliphatic imine (C=N–C) groups is 1. The highest BCUT2D eigenvalue weighted by atomic mass is 32.2. The van der Waals surface area contributed by atoms with E-state index in [0.717, 1.165) is 41.6 Å². The number of hydrogen-bond acceptors (Lipinski definition) is 6. The summed E-state index contributed by atoms with van der Waals surface area (Å²) in [5, 5.41) is 9.41. The van der Waals surface area contributed by atoms with Crippen LogP contribution in [0.5, 0.6) is 0 Å². The normalized spacial score (nSPS) is 18.1. The molecule has 1 amide bonds. The summed E-state index contributed by atoms with van der Waals surface area (Å²) in [5.41, 5.74) is 1.39. The van der Waals surface area contributed by atoms with E-state index in [1.165, 1.54) is 0 Å². The van der Waals surface area contributed by atoms with Crippen molar-refractivity contribution in [1.82, 2.24) is 25.0 Å². The van der Waals surface area contributed by atoms with Crippen molar-refractivity contribution < 1.29 is 4.79 Å². The Morgan fingerprint density at radius 3 is 2.92 bits per heavy atom. The average Bonchev–Trinajstić information content (AvgIpc) is 3.18. The molecule has 0 unspecified atom stereocenters. The summed E-state index contributed by atoms with van der Waals surface area (Å²) < 4.78 is 1.86. The van der Waals surface area contributed by atoms with E-state index >= 15 is 0 Å². The topological polar surface area (TPSA) is 75.4 Å². The molecule has 8 heteroatoms. The van der Waals surface area contributed by atoms with Gasteiger partial charge >= 0.3 is 0 Å². The number of thioether (sulfide) groups is 1. The van der Waals surface area contributed by atoms with Crippen LogP contribution in [0.4, 0.5) is 0 Å². The predicted octanol–water partition coefficient (Wildman–Crippen LogP) is 1.53.